The third-order valence-corrected chi connectivity index (χ3v) is 4.98. The van der Waals surface area contributed by atoms with Gasteiger partial charge in [-0.3, -0.25) is 4.98 Å². The van der Waals surface area contributed by atoms with Gasteiger partial charge in [-0.05, 0) is 44.0 Å². The van der Waals surface area contributed by atoms with Gasteiger partial charge in [-0.2, -0.15) is 0 Å². The van der Waals surface area contributed by atoms with Crippen LogP contribution in [-0.4, -0.2) is 22.5 Å². The van der Waals surface area contributed by atoms with Crippen molar-refractivity contribution < 1.29 is 9.21 Å². The molecule has 1 saturated heterocycles. The molecule has 4 rings (SSSR count). The Kier molecular flexibility index (Phi) is 4.61. The van der Waals surface area contributed by atoms with Crippen LogP contribution in [0.15, 0.2) is 53.1 Å². The Labute approximate surface area is 153 Å². The monoisotopic (exact) mass is 349 g/mol. The van der Waals surface area contributed by atoms with Gasteiger partial charge in [0.2, 0.25) is 0 Å². The average Bonchev–Trinajstić information content (AvgIpc) is 2.93. The van der Waals surface area contributed by atoms with Crippen molar-refractivity contribution in [1.82, 2.24) is 9.88 Å². The van der Waals surface area contributed by atoms with Crippen LogP contribution in [0.1, 0.15) is 43.2 Å². The van der Waals surface area contributed by atoms with E-state index < -0.39 is 0 Å². The minimum atomic E-state index is -0.0934. The van der Waals surface area contributed by atoms with E-state index in [0.717, 1.165) is 60.3 Å². The number of hydrogen-bond acceptors (Lipinski definition) is 3. The van der Waals surface area contributed by atoms with Crippen molar-refractivity contribution >= 4 is 22.6 Å². The predicted octanol–water partition coefficient (Wildman–Crippen LogP) is 5.29. The highest BCUT2D eigenvalue weighted by Crippen LogP contribution is 2.32. The molecule has 26 heavy (non-hydrogen) atoms. The predicted molar refractivity (Wildman–Crippen MR) is 102 cm³/mol. The maximum Gasteiger partial charge on any atom is 0.322 e. The number of rotatable bonds is 2. The van der Waals surface area contributed by atoms with Crippen molar-refractivity contribution in [3.63, 3.8) is 0 Å². The largest absolute Gasteiger partial charge is 0.464 e. The molecule has 0 unspecified atom stereocenters. The molecule has 5 heteroatoms. The van der Waals surface area contributed by atoms with Crippen molar-refractivity contribution in [2.45, 2.75) is 38.6 Å². The van der Waals surface area contributed by atoms with Crippen molar-refractivity contribution in [3.05, 3.63) is 60.2 Å². The molecule has 2 aromatic heterocycles. The van der Waals surface area contributed by atoms with Gasteiger partial charge in [-0.25, -0.2) is 4.79 Å². The fourth-order valence-corrected chi connectivity index (χ4v) is 3.67. The maximum absolute atomic E-state index is 13.1. The molecule has 1 fully saturated rings. The summed E-state index contributed by atoms with van der Waals surface area (Å²) < 4.78 is 5.85. The van der Waals surface area contributed by atoms with E-state index >= 15 is 0 Å². The highest BCUT2D eigenvalue weighted by Gasteiger charge is 2.29. The molecular weight excluding hydrogens is 326 g/mol. The van der Waals surface area contributed by atoms with Crippen LogP contribution < -0.4 is 5.32 Å². The van der Waals surface area contributed by atoms with Crippen molar-refractivity contribution in [2.75, 3.05) is 11.9 Å². The van der Waals surface area contributed by atoms with Crippen LogP contribution in [0.4, 0.5) is 10.5 Å². The number of aromatic nitrogens is 1. The molecule has 3 aromatic rings. The van der Waals surface area contributed by atoms with Crippen molar-refractivity contribution in [2.24, 2.45) is 0 Å². The molecule has 0 spiro atoms. The number of nitrogens with zero attached hydrogens (tertiary/aromatic N) is 2. The van der Waals surface area contributed by atoms with E-state index in [2.05, 4.69) is 10.3 Å². The van der Waals surface area contributed by atoms with Gasteiger partial charge in [0, 0.05) is 18.1 Å². The summed E-state index contributed by atoms with van der Waals surface area (Å²) in [6, 6.07) is 13.6. The number of furan rings is 1. The summed E-state index contributed by atoms with van der Waals surface area (Å²) in [5, 5.41) is 4.09. The molecule has 1 aromatic carbocycles. The summed E-state index contributed by atoms with van der Waals surface area (Å²) >= 11 is 0. The van der Waals surface area contributed by atoms with Gasteiger partial charge in [0.15, 0.2) is 0 Å². The number of hydrogen-bond donors (Lipinski definition) is 1. The SMILES string of the molecule is Cc1ccc([C@@H]2CCCCCN2C(=O)Nc2cccc3cccnc23)o1. The number of pyridine rings is 1. The quantitative estimate of drug-likeness (QED) is 0.684. The Hall–Kier alpha value is -2.82. The van der Waals surface area contributed by atoms with Crippen LogP contribution in [0.2, 0.25) is 0 Å². The average molecular weight is 349 g/mol. The normalized spacial score (nSPS) is 17.9. The standard InChI is InChI=1S/C21H23N3O2/c1-15-11-12-19(26-15)18-10-3-2-4-14-24(18)21(25)23-17-9-5-7-16-8-6-13-22-20(16)17/h5-9,11-13,18H,2-4,10,14H2,1H3,(H,23,25)/t18-/m0/s1. The number of amides is 2. The van der Waals surface area contributed by atoms with E-state index in [1.165, 1.54) is 0 Å². The van der Waals surface area contributed by atoms with Gasteiger partial charge in [0.05, 0.1) is 17.2 Å². The zero-order valence-electron chi connectivity index (χ0n) is 14.9. The van der Waals surface area contributed by atoms with Crippen LogP contribution in [0.3, 0.4) is 0 Å². The summed E-state index contributed by atoms with van der Waals surface area (Å²) in [6.07, 6.45) is 5.92. The van der Waals surface area contributed by atoms with E-state index in [1.807, 2.05) is 54.3 Å². The number of carbonyl (C=O) groups is 1. The third kappa shape index (κ3) is 3.29. The van der Waals surface area contributed by atoms with E-state index in [4.69, 9.17) is 4.42 Å². The van der Waals surface area contributed by atoms with Gasteiger partial charge < -0.3 is 14.6 Å². The fraction of sp³-hybridized carbons (Fsp3) is 0.333. The van der Waals surface area contributed by atoms with Gasteiger partial charge in [-0.15, -0.1) is 0 Å². The minimum Gasteiger partial charge on any atom is -0.464 e. The second-order valence-corrected chi connectivity index (χ2v) is 6.82. The van der Waals surface area contributed by atoms with Gasteiger partial charge in [0.25, 0.3) is 0 Å². The highest BCUT2D eigenvalue weighted by atomic mass is 16.3. The zero-order valence-corrected chi connectivity index (χ0v) is 14.9. The first-order valence-electron chi connectivity index (χ1n) is 9.20. The number of carbonyl (C=O) groups excluding carboxylic acids is 1. The molecule has 1 aliphatic rings. The van der Waals surface area contributed by atoms with Crippen LogP contribution in [0.5, 0.6) is 0 Å². The maximum atomic E-state index is 13.1. The Bertz CT molecular complexity index is 913. The molecule has 1 atom stereocenters. The first kappa shape index (κ1) is 16.6. The van der Waals surface area contributed by atoms with Gasteiger partial charge >= 0.3 is 6.03 Å². The minimum absolute atomic E-state index is 0.0193. The first-order valence-corrected chi connectivity index (χ1v) is 9.20. The summed E-state index contributed by atoms with van der Waals surface area (Å²) in [7, 11) is 0. The smallest absolute Gasteiger partial charge is 0.322 e. The molecule has 0 aliphatic carbocycles. The topological polar surface area (TPSA) is 58.4 Å². The number of aryl methyl sites for hydroxylation is 1. The number of nitrogens with one attached hydrogen (secondary N) is 1. The zero-order chi connectivity index (χ0) is 17.9. The lowest BCUT2D eigenvalue weighted by atomic mass is 10.1. The van der Waals surface area contributed by atoms with Gasteiger partial charge in [-0.1, -0.05) is 31.0 Å². The van der Waals surface area contributed by atoms with Crippen LogP contribution in [0, 0.1) is 6.92 Å². The Morgan fingerprint density at radius 3 is 2.88 bits per heavy atom. The van der Waals surface area contributed by atoms with Crippen LogP contribution in [-0.2, 0) is 0 Å². The highest BCUT2D eigenvalue weighted by molar-refractivity contribution is 5.99. The van der Waals surface area contributed by atoms with E-state index in [-0.39, 0.29) is 12.1 Å². The van der Waals surface area contributed by atoms with E-state index in [9.17, 15) is 4.79 Å². The summed E-state index contributed by atoms with van der Waals surface area (Å²) in [5.41, 5.74) is 1.55. The van der Waals surface area contributed by atoms with Crippen LogP contribution >= 0.6 is 0 Å². The lowest BCUT2D eigenvalue weighted by Crippen LogP contribution is -2.38. The third-order valence-electron chi connectivity index (χ3n) is 4.98. The van der Waals surface area contributed by atoms with Crippen molar-refractivity contribution in [3.8, 4) is 0 Å². The van der Waals surface area contributed by atoms with Crippen molar-refractivity contribution in [1.29, 1.82) is 0 Å². The molecular formula is C21H23N3O2. The first-order chi connectivity index (χ1) is 12.7. The van der Waals surface area contributed by atoms with Crippen LogP contribution in [0.25, 0.3) is 10.9 Å². The Morgan fingerprint density at radius 2 is 2.04 bits per heavy atom. The number of urea groups is 1. The number of para-hydroxylation sites is 1. The summed E-state index contributed by atoms with van der Waals surface area (Å²) in [5.74, 6) is 1.75. The number of fused-ring (bicyclic) bond motifs is 1. The van der Waals surface area contributed by atoms with E-state index in [1.54, 1.807) is 6.20 Å². The second-order valence-electron chi connectivity index (χ2n) is 6.82. The fourth-order valence-electron chi connectivity index (χ4n) is 3.67. The number of likely N-dealkylation sites (tertiary alicyclic amines) is 1. The molecule has 134 valence electrons. The molecule has 3 heterocycles. The lowest BCUT2D eigenvalue weighted by Gasteiger charge is -2.29. The molecule has 0 bridgehead atoms. The summed E-state index contributed by atoms with van der Waals surface area (Å²) in [4.78, 5) is 19.4. The Balaban J connectivity index is 1.62. The number of anilines is 1. The molecule has 2 amide bonds. The molecule has 5 nitrogen and oxygen atoms in total. The van der Waals surface area contributed by atoms with Gasteiger partial charge in [0.1, 0.15) is 11.5 Å². The molecule has 1 N–H and O–H groups in total. The van der Waals surface area contributed by atoms with E-state index in [0.29, 0.717) is 0 Å². The Morgan fingerprint density at radius 1 is 1.15 bits per heavy atom. The summed E-state index contributed by atoms with van der Waals surface area (Å²) in [6.45, 7) is 2.67. The lowest BCUT2D eigenvalue weighted by molar-refractivity contribution is 0.178. The molecule has 0 saturated carbocycles. The molecule has 0 radical (unpaired) electrons. The molecule has 1 aliphatic heterocycles. The number of benzene rings is 1. The second kappa shape index (κ2) is 7.20.